The second kappa shape index (κ2) is 15.0. The fraction of sp³-hybridized carbons (Fsp3) is 0.708. The second-order valence-electron chi connectivity index (χ2n) is 8.11. The molecule has 0 spiro atoms. The molecule has 2 aromatic rings. The quantitative estimate of drug-likeness (QED) is 0.220. The first-order valence-electron chi connectivity index (χ1n) is 11.8. The molecule has 0 saturated carbocycles. The van der Waals surface area contributed by atoms with Crippen LogP contribution in [0.4, 0.5) is 0 Å². The monoisotopic (exact) mass is 401 g/mol. The largest absolute Gasteiger partial charge is 0.335 e. The lowest BCUT2D eigenvalue weighted by Gasteiger charge is -2.04. The minimum absolute atomic E-state index is 0.240. The van der Waals surface area contributed by atoms with Gasteiger partial charge < -0.3 is 4.84 Å². The number of para-hydroxylation sites is 1. The summed E-state index contributed by atoms with van der Waals surface area (Å²) in [4.78, 5) is 18.5. The standard InChI is InChI=1S/C24H39N3O2/c1-2-3-4-5-6-7-8-9-10-11-12-13-14-15-16-21-24(28)29-27-23-20-18-17-19-22(23)25-26-27/h17-20H,2-16,21H2,1H3. The highest BCUT2D eigenvalue weighted by molar-refractivity contribution is 5.75. The molecule has 0 fully saturated rings. The van der Waals surface area contributed by atoms with Crippen molar-refractivity contribution in [2.24, 2.45) is 0 Å². The van der Waals surface area contributed by atoms with Crippen molar-refractivity contribution in [2.75, 3.05) is 0 Å². The molecule has 0 atom stereocenters. The summed E-state index contributed by atoms with van der Waals surface area (Å²) in [6.45, 7) is 2.27. The molecule has 0 N–H and O–H groups in total. The second-order valence-corrected chi connectivity index (χ2v) is 8.11. The van der Waals surface area contributed by atoms with E-state index in [4.69, 9.17) is 4.84 Å². The molecule has 5 heteroatoms. The Morgan fingerprint density at radius 3 is 1.90 bits per heavy atom. The Balaban J connectivity index is 1.37. The molecule has 1 heterocycles. The average molecular weight is 402 g/mol. The van der Waals surface area contributed by atoms with E-state index >= 15 is 0 Å². The van der Waals surface area contributed by atoms with E-state index in [1.165, 1.54) is 88.3 Å². The van der Waals surface area contributed by atoms with Crippen LogP contribution >= 0.6 is 0 Å². The summed E-state index contributed by atoms with van der Waals surface area (Å²) < 4.78 is 0. The van der Waals surface area contributed by atoms with Crippen LogP contribution < -0.4 is 4.84 Å². The molecular formula is C24H39N3O2. The van der Waals surface area contributed by atoms with Gasteiger partial charge in [0.15, 0.2) is 0 Å². The predicted molar refractivity (Wildman–Crippen MR) is 119 cm³/mol. The van der Waals surface area contributed by atoms with Gasteiger partial charge in [0, 0.05) is 6.42 Å². The number of hydrogen-bond acceptors (Lipinski definition) is 4. The predicted octanol–water partition coefficient (Wildman–Crippen LogP) is 6.65. The van der Waals surface area contributed by atoms with Gasteiger partial charge in [-0.05, 0) is 23.8 Å². The van der Waals surface area contributed by atoms with Crippen LogP contribution in [0, 0.1) is 0 Å². The number of benzene rings is 1. The zero-order chi connectivity index (χ0) is 20.6. The van der Waals surface area contributed by atoms with Crippen LogP contribution in [0.15, 0.2) is 24.3 Å². The lowest BCUT2D eigenvalue weighted by Crippen LogP contribution is -2.20. The molecule has 0 unspecified atom stereocenters. The highest BCUT2D eigenvalue weighted by atomic mass is 16.7. The molecule has 1 aromatic heterocycles. The number of carbonyl (C=O) groups excluding carboxylic acids is 1. The minimum atomic E-state index is -0.240. The number of unbranched alkanes of at least 4 members (excludes halogenated alkanes) is 14. The van der Waals surface area contributed by atoms with Crippen LogP contribution in [-0.4, -0.2) is 21.1 Å². The van der Waals surface area contributed by atoms with E-state index in [9.17, 15) is 4.79 Å². The van der Waals surface area contributed by atoms with Gasteiger partial charge in [0.1, 0.15) is 11.0 Å². The zero-order valence-electron chi connectivity index (χ0n) is 18.3. The zero-order valence-corrected chi connectivity index (χ0v) is 18.3. The molecule has 0 aliphatic heterocycles. The Bertz CT molecular complexity index is 684. The third-order valence-corrected chi connectivity index (χ3v) is 5.49. The van der Waals surface area contributed by atoms with Crippen molar-refractivity contribution in [3.63, 3.8) is 0 Å². The maximum Gasteiger partial charge on any atom is 0.335 e. The number of hydrogen-bond donors (Lipinski definition) is 0. The molecule has 0 aliphatic carbocycles. The summed E-state index contributed by atoms with van der Waals surface area (Å²) in [7, 11) is 0. The van der Waals surface area contributed by atoms with Crippen LogP contribution in [0.2, 0.25) is 0 Å². The van der Waals surface area contributed by atoms with Gasteiger partial charge in [-0.3, -0.25) is 0 Å². The van der Waals surface area contributed by atoms with Crippen molar-refractivity contribution < 1.29 is 9.63 Å². The lowest BCUT2D eigenvalue weighted by atomic mass is 10.0. The maximum absolute atomic E-state index is 12.0. The first-order valence-corrected chi connectivity index (χ1v) is 11.8. The number of rotatable bonds is 17. The van der Waals surface area contributed by atoms with E-state index in [-0.39, 0.29) is 5.97 Å². The van der Waals surface area contributed by atoms with Gasteiger partial charge in [-0.2, -0.15) is 0 Å². The first kappa shape index (κ1) is 23.4. The fourth-order valence-corrected chi connectivity index (χ4v) is 3.70. The highest BCUT2D eigenvalue weighted by Gasteiger charge is 2.09. The number of carbonyl (C=O) groups is 1. The smallest absolute Gasteiger partial charge is 0.317 e. The number of fused-ring (bicyclic) bond motifs is 1. The Kier molecular flexibility index (Phi) is 12.1. The summed E-state index contributed by atoms with van der Waals surface area (Å²) in [6.07, 6.45) is 20.2. The summed E-state index contributed by atoms with van der Waals surface area (Å²) in [5.74, 6) is -0.240. The maximum atomic E-state index is 12.0. The Labute approximate surface area is 176 Å². The molecule has 1 aromatic carbocycles. The van der Waals surface area contributed by atoms with E-state index in [1.54, 1.807) is 0 Å². The number of nitrogens with zero attached hydrogens (tertiary/aromatic N) is 3. The molecule has 5 nitrogen and oxygen atoms in total. The molecule has 0 saturated heterocycles. The van der Waals surface area contributed by atoms with Crippen LogP contribution in [0.1, 0.15) is 110 Å². The van der Waals surface area contributed by atoms with Crippen molar-refractivity contribution in [1.29, 1.82) is 0 Å². The van der Waals surface area contributed by atoms with E-state index < -0.39 is 0 Å². The SMILES string of the molecule is CCCCCCCCCCCCCCCCCC(=O)On1nnc2ccccc21. The van der Waals surface area contributed by atoms with Gasteiger partial charge in [0.25, 0.3) is 0 Å². The van der Waals surface area contributed by atoms with Gasteiger partial charge >= 0.3 is 5.97 Å². The molecular weight excluding hydrogens is 362 g/mol. The fourth-order valence-electron chi connectivity index (χ4n) is 3.70. The van der Waals surface area contributed by atoms with E-state index in [2.05, 4.69) is 17.2 Å². The molecule has 0 bridgehead atoms. The summed E-state index contributed by atoms with van der Waals surface area (Å²) >= 11 is 0. The van der Waals surface area contributed by atoms with Crippen molar-refractivity contribution in [2.45, 2.75) is 110 Å². The summed E-state index contributed by atoms with van der Waals surface area (Å²) in [5.41, 5.74) is 1.45. The molecule has 162 valence electrons. The normalized spacial score (nSPS) is 11.2. The van der Waals surface area contributed by atoms with Gasteiger partial charge in [-0.1, -0.05) is 114 Å². The van der Waals surface area contributed by atoms with Crippen molar-refractivity contribution in [3.8, 4) is 0 Å². The lowest BCUT2D eigenvalue weighted by molar-refractivity contribution is -0.145. The van der Waals surface area contributed by atoms with E-state index in [1.807, 2.05) is 24.3 Å². The minimum Gasteiger partial charge on any atom is -0.317 e. The molecule has 0 radical (unpaired) electrons. The van der Waals surface area contributed by atoms with Crippen molar-refractivity contribution >= 4 is 17.0 Å². The van der Waals surface area contributed by atoms with Crippen LogP contribution in [0.25, 0.3) is 11.0 Å². The molecule has 0 aliphatic rings. The number of aromatic nitrogens is 3. The van der Waals surface area contributed by atoms with Crippen molar-refractivity contribution in [1.82, 2.24) is 15.2 Å². The van der Waals surface area contributed by atoms with Crippen LogP contribution in [0.5, 0.6) is 0 Å². The topological polar surface area (TPSA) is 57.0 Å². The average Bonchev–Trinajstić information content (AvgIpc) is 3.14. The van der Waals surface area contributed by atoms with Gasteiger partial charge in [0.2, 0.25) is 0 Å². The molecule has 0 amide bonds. The van der Waals surface area contributed by atoms with Crippen LogP contribution in [0.3, 0.4) is 0 Å². The third-order valence-electron chi connectivity index (χ3n) is 5.49. The Hall–Kier alpha value is -1.91. The highest BCUT2D eigenvalue weighted by Crippen LogP contribution is 2.14. The Morgan fingerprint density at radius 2 is 1.31 bits per heavy atom. The van der Waals surface area contributed by atoms with Gasteiger partial charge in [0.05, 0.1) is 0 Å². The third kappa shape index (κ3) is 9.91. The van der Waals surface area contributed by atoms with Crippen molar-refractivity contribution in [3.05, 3.63) is 24.3 Å². The van der Waals surface area contributed by atoms with Crippen LogP contribution in [-0.2, 0) is 4.79 Å². The summed E-state index contributed by atoms with van der Waals surface area (Å²) in [6, 6.07) is 7.46. The van der Waals surface area contributed by atoms with E-state index in [0.717, 1.165) is 23.9 Å². The van der Waals surface area contributed by atoms with Gasteiger partial charge in [-0.25, -0.2) is 4.79 Å². The van der Waals surface area contributed by atoms with E-state index in [0.29, 0.717) is 6.42 Å². The van der Waals surface area contributed by atoms with Gasteiger partial charge in [-0.15, -0.1) is 5.10 Å². The molecule has 29 heavy (non-hydrogen) atoms. The molecule has 2 rings (SSSR count). The summed E-state index contributed by atoms with van der Waals surface area (Å²) in [5, 5.41) is 7.86. The Morgan fingerprint density at radius 1 is 0.793 bits per heavy atom. The first-order chi connectivity index (χ1) is 14.3.